The summed E-state index contributed by atoms with van der Waals surface area (Å²) >= 11 is 0. The van der Waals surface area contributed by atoms with Gasteiger partial charge in [0.15, 0.2) is 5.69 Å². The molecule has 1 aliphatic rings. The number of nitrogens with zero attached hydrogens (tertiary/aromatic N) is 1. The number of hydrogen-bond acceptors (Lipinski definition) is 4. The third-order valence-electron chi connectivity index (χ3n) is 3.97. The standard InChI is InChI=1S/C16H18N2O3/c1-20-13-5-6-14-11(9-13)3-2-4-12(14)10-17-16(19)15-7-8-21-18-15/h5-9,12H,2-4,10H2,1H3,(H,17,19)/t12-/m1/s1. The second-order valence-corrected chi connectivity index (χ2v) is 5.25. The number of nitrogens with one attached hydrogen (secondary N) is 1. The highest BCUT2D eigenvalue weighted by Crippen LogP contribution is 2.33. The van der Waals surface area contributed by atoms with Crippen molar-refractivity contribution in [3.63, 3.8) is 0 Å². The summed E-state index contributed by atoms with van der Waals surface area (Å²) < 4.78 is 9.96. The van der Waals surface area contributed by atoms with E-state index >= 15 is 0 Å². The number of amides is 1. The van der Waals surface area contributed by atoms with Gasteiger partial charge in [0.05, 0.1) is 7.11 Å². The van der Waals surface area contributed by atoms with Crippen molar-refractivity contribution < 1.29 is 14.1 Å². The van der Waals surface area contributed by atoms with E-state index < -0.39 is 0 Å². The number of aryl methyl sites for hydroxylation is 1. The molecule has 0 spiro atoms. The lowest BCUT2D eigenvalue weighted by molar-refractivity contribution is 0.0941. The molecule has 5 nitrogen and oxygen atoms in total. The smallest absolute Gasteiger partial charge is 0.273 e. The SMILES string of the molecule is COc1ccc2c(c1)CCC[C@@H]2CNC(=O)c1ccon1. The lowest BCUT2D eigenvalue weighted by atomic mass is 9.82. The van der Waals surface area contributed by atoms with E-state index in [0.29, 0.717) is 18.2 Å². The number of carbonyl (C=O) groups excluding carboxylic acids is 1. The Bertz CT molecular complexity index is 622. The second-order valence-electron chi connectivity index (χ2n) is 5.25. The first-order valence-electron chi connectivity index (χ1n) is 7.13. The molecule has 1 atom stereocenters. The van der Waals surface area contributed by atoms with Crippen LogP contribution in [0.4, 0.5) is 0 Å². The van der Waals surface area contributed by atoms with Crippen LogP contribution in [-0.2, 0) is 6.42 Å². The average Bonchev–Trinajstić information content (AvgIpc) is 3.06. The van der Waals surface area contributed by atoms with Gasteiger partial charge in [-0.3, -0.25) is 4.79 Å². The molecule has 0 saturated carbocycles. The molecule has 21 heavy (non-hydrogen) atoms. The van der Waals surface area contributed by atoms with Gasteiger partial charge in [-0.1, -0.05) is 11.2 Å². The fourth-order valence-corrected chi connectivity index (χ4v) is 2.87. The monoisotopic (exact) mass is 286 g/mol. The summed E-state index contributed by atoms with van der Waals surface area (Å²) in [7, 11) is 1.68. The third-order valence-corrected chi connectivity index (χ3v) is 3.97. The minimum absolute atomic E-state index is 0.190. The zero-order valence-electron chi connectivity index (χ0n) is 12.0. The molecule has 1 aliphatic carbocycles. The van der Waals surface area contributed by atoms with Crippen molar-refractivity contribution in [3.8, 4) is 5.75 Å². The zero-order chi connectivity index (χ0) is 14.7. The molecular formula is C16H18N2O3. The Kier molecular flexibility index (Phi) is 3.90. The van der Waals surface area contributed by atoms with Crippen LogP contribution in [0.2, 0.25) is 0 Å². The molecule has 0 fully saturated rings. The van der Waals surface area contributed by atoms with Crippen LogP contribution in [0.25, 0.3) is 0 Å². The lowest BCUT2D eigenvalue weighted by Crippen LogP contribution is -2.30. The van der Waals surface area contributed by atoms with E-state index in [1.807, 2.05) is 6.07 Å². The maximum absolute atomic E-state index is 11.9. The van der Waals surface area contributed by atoms with Crippen molar-refractivity contribution in [2.75, 3.05) is 13.7 Å². The molecule has 1 amide bonds. The molecule has 0 saturated heterocycles. The summed E-state index contributed by atoms with van der Waals surface area (Å²) in [5.41, 5.74) is 2.95. The van der Waals surface area contributed by atoms with Crippen LogP contribution < -0.4 is 10.1 Å². The molecule has 5 heteroatoms. The molecule has 0 unspecified atom stereocenters. The molecule has 1 aromatic carbocycles. The van der Waals surface area contributed by atoms with Gasteiger partial charge in [0.25, 0.3) is 5.91 Å². The molecule has 0 bridgehead atoms. The molecule has 2 aromatic rings. The van der Waals surface area contributed by atoms with Crippen molar-refractivity contribution in [3.05, 3.63) is 47.3 Å². The molecule has 1 heterocycles. The summed E-state index contributed by atoms with van der Waals surface area (Å²) in [6.07, 6.45) is 4.68. The van der Waals surface area contributed by atoms with Crippen molar-refractivity contribution in [2.24, 2.45) is 0 Å². The quantitative estimate of drug-likeness (QED) is 0.938. The minimum atomic E-state index is -0.190. The number of methoxy groups -OCH3 is 1. The highest BCUT2D eigenvalue weighted by atomic mass is 16.5. The Morgan fingerprint density at radius 1 is 1.48 bits per heavy atom. The third kappa shape index (κ3) is 2.91. The van der Waals surface area contributed by atoms with E-state index in [1.165, 1.54) is 17.4 Å². The number of aromatic nitrogens is 1. The van der Waals surface area contributed by atoms with Crippen LogP contribution in [0.3, 0.4) is 0 Å². The minimum Gasteiger partial charge on any atom is -0.497 e. The number of rotatable bonds is 4. The molecule has 110 valence electrons. The maximum atomic E-state index is 11.9. The van der Waals surface area contributed by atoms with Crippen LogP contribution in [-0.4, -0.2) is 24.7 Å². The first-order chi connectivity index (χ1) is 10.3. The lowest BCUT2D eigenvalue weighted by Gasteiger charge is -2.26. The van der Waals surface area contributed by atoms with Crippen LogP contribution in [0.5, 0.6) is 5.75 Å². The number of carbonyl (C=O) groups is 1. The summed E-state index contributed by atoms with van der Waals surface area (Å²) in [6.45, 7) is 0.616. The van der Waals surface area contributed by atoms with E-state index in [2.05, 4.69) is 27.1 Å². The number of hydrogen-bond donors (Lipinski definition) is 1. The van der Waals surface area contributed by atoms with Crippen LogP contribution in [0.15, 0.2) is 35.1 Å². The predicted molar refractivity (Wildman–Crippen MR) is 77.5 cm³/mol. The molecule has 0 aliphatic heterocycles. The summed E-state index contributed by atoms with van der Waals surface area (Å²) in [5, 5.41) is 6.57. The van der Waals surface area contributed by atoms with Gasteiger partial charge in [0.2, 0.25) is 0 Å². The van der Waals surface area contributed by atoms with Crippen molar-refractivity contribution in [1.29, 1.82) is 0 Å². The molecular weight excluding hydrogens is 268 g/mol. The van der Waals surface area contributed by atoms with Gasteiger partial charge in [0.1, 0.15) is 12.0 Å². The topological polar surface area (TPSA) is 64.4 Å². The number of fused-ring (bicyclic) bond motifs is 1. The fourth-order valence-electron chi connectivity index (χ4n) is 2.87. The highest BCUT2D eigenvalue weighted by Gasteiger charge is 2.21. The second kappa shape index (κ2) is 5.99. The normalized spacial score (nSPS) is 17.1. The Morgan fingerprint density at radius 3 is 3.14 bits per heavy atom. The molecule has 3 rings (SSSR count). The zero-order valence-corrected chi connectivity index (χ0v) is 12.0. The Labute approximate surface area is 123 Å². The first-order valence-corrected chi connectivity index (χ1v) is 7.13. The number of ether oxygens (including phenoxy) is 1. The number of benzene rings is 1. The van der Waals surface area contributed by atoms with Crippen molar-refractivity contribution in [1.82, 2.24) is 10.5 Å². The van der Waals surface area contributed by atoms with Gasteiger partial charge >= 0.3 is 0 Å². The van der Waals surface area contributed by atoms with Crippen molar-refractivity contribution >= 4 is 5.91 Å². The first kappa shape index (κ1) is 13.7. The van der Waals surface area contributed by atoms with E-state index in [0.717, 1.165) is 25.0 Å². The fraction of sp³-hybridized carbons (Fsp3) is 0.375. The maximum Gasteiger partial charge on any atom is 0.273 e. The van der Waals surface area contributed by atoms with Gasteiger partial charge in [-0.25, -0.2) is 0 Å². The van der Waals surface area contributed by atoms with Crippen LogP contribution in [0, 0.1) is 0 Å². The summed E-state index contributed by atoms with van der Waals surface area (Å²) in [4.78, 5) is 11.9. The predicted octanol–water partition coefficient (Wildman–Crippen LogP) is 2.53. The molecule has 1 aromatic heterocycles. The molecule has 0 radical (unpaired) electrons. The van der Waals surface area contributed by atoms with Crippen LogP contribution in [0.1, 0.15) is 40.4 Å². The van der Waals surface area contributed by atoms with Gasteiger partial charge < -0.3 is 14.6 Å². The van der Waals surface area contributed by atoms with E-state index in [9.17, 15) is 4.79 Å². The van der Waals surface area contributed by atoms with E-state index in [4.69, 9.17) is 4.74 Å². The van der Waals surface area contributed by atoms with Crippen molar-refractivity contribution in [2.45, 2.75) is 25.2 Å². The van der Waals surface area contributed by atoms with Gasteiger partial charge in [-0.15, -0.1) is 0 Å². The Hall–Kier alpha value is -2.30. The van der Waals surface area contributed by atoms with Gasteiger partial charge in [-0.05, 0) is 42.5 Å². The van der Waals surface area contributed by atoms with E-state index in [-0.39, 0.29) is 5.91 Å². The average molecular weight is 286 g/mol. The van der Waals surface area contributed by atoms with E-state index in [1.54, 1.807) is 13.2 Å². The van der Waals surface area contributed by atoms with Crippen LogP contribution >= 0.6 is 0 Å². The highest BCUT2D eigenvalue weighted by molar-refractivity contribution is 5.91. The largest absolute Gasteiger partial charge is 0.497 e. The Morgan fingerprint density at radius 2 is 2.38 bits per heavy atom. The van der Waals surface area contributed by atoms with Gasteiger partial charge in [0, 0.05) is 18.5 Å². The van der Waals surface area contributed by atoms with Gasteiger partial charge in [-0.2, -0.15) is 0 Å². The Balaban J connectivity index is 1.69. The summed E-state index contributed by atoms with van der Waals surface area (Å²) in [6, 6.07) is 7.76. The summed E-state index contributed by atoms with van der Waals surface area (Å²) in [5.74, 6) is 1.04. The molecule has 1 N–H and O–H groups in total.